The van der Waals surface area contributed by atoms with Crippen molar-refractivity contribution in [2.45, 2.75) is 25.8 Å². The van der Waals surface area contributed by atoms with Crippen molar-refractivity contribution in [3.63, 3.8) is 0 Å². The van der Waals surface area contributed by atoms with Crippen molar-refractivity contribution < 1.29 is 23.8 Å². The van der Waals surface area contributed by atoms with Crippen LogP contribution in [0.15, 0.2) is 53.7 Å². The molecule has 4 rings (SSSR count). The Bertz CT molecular complexity index is 1220. The predicted octanol–water partition coefficient (Wildman–Crippen LogP) is 3.29. The summed E-state index contributed by atoms with van der Waals surface area (Å²) >= 11 is 0. The number of nitrogens with one attached hydrogen (secondary N) is 2. The summed E-state index contributed by atoms with van der Waals surface area (Å²) in [6, 6.07) is 10.4. The number of carbonyl (C=O) groups is 1. The molecule has 34 heavy (non-hydrogen) atoms. The Balaban J connectivity index is 1.79. The average Bonchev–Trinajstić information content (AvgIpc) is 3.24. The summed E-state index contributed by atoms with van der Waals surface area (Å²) in [7, 11) is 3.10. The standard InChI is InChI=1S/C24H26FN5O4/c1-14-21(23(32)27-17-9-7-16(25)8-10-17)22(15-6-11-18(33-2)19(13-15)34-3)30-24(26-14)28-20(29-30)5-4-12-31/h6-11,13,22,31H,4-5,12H2,1-3H3,(H,27,32)(H,26,28,29). The van der Waals surface area contributed by atoms with E-state index in [4.69, 9.17) is 9.47 Å². The molecule has 0 saturated heterocycles. The highest BCUT2D eigenvalue weighted by atomic mass is 19.1. The van der Waals surface area contributed by atoms with Gasteiger partial charge in [0.05, 0.1) is 19.8 Å². The molecule has 0 bridgehead atoms. The zero-order valence-electron chi connectivity index (χ0n) is 19.1. The molecule has 0 fully saturated rings. The van der Waals surface area contributed by atoms with Gasteiger partial charge >= 0.3 is 0 Å². The molecule has 9 nitrogen and oxygen atoms in total. The minimum absolute atomic E-state index is 0.0268. The number of aryl methyl sites for hydroxylation is 1. The largest absolute Gasteiger partial charge is 0.493 e. The molecular formula is C24H26FN5O4. The van der Waals surface area contributed by atoms with Gasteiger partial charge in [-0.25, -0.2) is 9.07 Å². The van der Waals surface area contributed by atoms with Crippen LogP contribution in [0.25, 0.3) is 0 Å². The fourth-order valence-electron chi connectivity index (χ4n) is 3.90. The number of rotatable bonds is 8. The van der Waals surface area contributed by atoms with Crippen molar-refractivity contribution in [2.75, 3.05) is 31.5 Å². The van der Waals surface area contributed by atoms with E-state index in [0.717, 1.165) is 5.56 Å². The van der Waals surface area contributed by atoms with E-state index in [1.165, 1.54) is 24.3 Å². The van der Waals surface area contributed by atoms with E-state index < -0.39 is 11.9 Å². The van der Waals surface area contributed by atoms with Gasteiger partial charge in [-0.2, -0.15) is 10.1 Å². The SMILES string of the molecule is COc1ccc(C2C(C(=O)Nc3ccc(F)cc3)=C(C)Nc3nc(CCCO)nn32)cc1OC. The number of amides is 1. The Morgan fingerprint density at radius 2 is 1.91 bits per heavy atom. The molecular weight excluding hydrogens is 441 g/mol. The number of aliphatic hydroxyl groups is 1. The number of ether oxygens (including phenoxy) is 2. The first-order valence-electron chi connectivity index (χ1n) is 10.8. The molecule has 0 spiro atoms. The van der Waals surface area contributed by atoms with Gasteiger partial charge in [0.1, 0.15) is 11.9 Å². The zero-order chi connectivity index (χ0) is 24.2. The lowest BCUT2D eigenvalue weighted by Crippen LogP contribution is -2.31. The van der Waals surface area contributed by atoms with Gasteiger partial charge in [0.2, 0.25) is 5.95 Å². The van der Waals surface area contributed by atoms with Crippen LogP contribution in [0, 0.1) is 5.82 Å². The number of methoxy groups -OCH3 is 2. The van der Waals surface area contributed by atoms with Gasteiger partial charge in [-0.05, 0) is 55.3 Å². The van der Waals surface area contributed by atoms with Crippen molar-refractivity contribution in [2.24, 2.45) is 0 Å². The van der Waals surface area contributed by atoms with Crippen LogP contribution in [0.2, 0.25) is 0 Å². The second kappa shape index (κ2) is 9.92. The number of aliphatic hydroxyl groups excluding tert-OH is 1. The molecule has 0 aliphatic carbocycles. The monoisotopic (exact) mass is 467 g/mol. The normalized spacial score (nSPS) is 14.9. The number of anilines is 2. The van der Waals surface area contributed by atoms with Crippen LogP contribution in [-0.2, 0) is 11.2 Å². The first kappa shape index (κ1) is 23.2. The highest BCUT2D eigenvalue weighted by Gasteiger charge is 2.34. The number of hydrogen-bond donors (Lipinski definition) is 3. The first-order valence-corrected chi connectivity index (χ1v) is 10.8. The average molecular weight is 468 g/mol. The number of nitrogens with zero attached hydrogens (tertiary/aromatic N) is 3. The van der Waals surface area contributed by atoms with Crippen molar-refractivity contribution in [1.29, 1.82) is 0 Å². The van der Waals surface area contributed by atoms with Gasteiger partial charge in [-0.15, -0.1) is 0 Å². The molecule has 0 radical (unpaired) electrons. The summed E-state index contributed by atoms with van der Waals surface area (Å²) in [5.74, 6) is 1.35. The van der Waals surface area contributed by atoms with Gasteiger partial charge in [0, 0.05) is 24.4 Å². The Morgan fingerprint density at radius 3 is 2.59 bits per heavy atom. The summed E-state index contributed by atoms with van der Waals surface area (Å²) in [5, 5.41) is 19.8. The molecule has 3 N–H and O–H groups in total. The molecule has 1 amide bonds. The zero-order valence-corrected chi connectivity index (χ0v) is 19.1. The van der Waals surface area contributed by atoms with Crippen LogP contribution >= 0.6 is 0 Å². The van der Waals surface area contributed by atoms with Gasteiger partial charge in [-0.1, -0.05) is 6.07 Å². The van der Waals surface area contributed by atoms with E-state index in [1.807, 2.05) is 6.07 Å². The van der Waals surface area contributed by atoms with Crippen molar-refractivity contribution in [3.8, 4) is 11.5 Å². The number of fused-ring (bicyclic) bond motifs is 1. The van der Waals surface area contributed by atoms with Gasteiger partial charge in [-0.3, -0.25) is 4.79 Å². The maximum atomic E-state index is 13.5. The van der Waals surface area contributed by atoms with Crippen molar-refractivity contribution in [3.05, 3.63) is 70.9 Å². The third kappa shape index (κ3) is 4.58. The Kier molecular flexibility index (Phi) is 6.78. The van der Waals surface area contributed by atoms with Crippen molar-refractivity contribution >= 4 is 17.5 Å². The number of halogens is 1. The summed E-state index contributed by atoms with van der Waals surface area (Å²) in [6.45, 7) is 1.82. The minimum Gasteiger partial charge on any atom is -0.493 e. The van der Waals surface area contributed by atoms with E-state index in [1.54, 1.807) is 38.0 Å². The molecule has 3 aromatic rings. The van der Waals surface area contributed by atoms with E-state index in [2.05, 4.69) is 20.7 Å². The van der Waals surface area contributed by atoms with Crippen LogP contribution in [-0.4, -0.2) is 46.6 Å². The lowest BCUT2D eigenvalue weighted by atomic mass is 9.94. The van der Waals surface area contributed by atoms with E-state index >= 15 is 0 Å². The molecule has 1 atom stereocenters. The molecule has 178 valence electrons. The second-order valence-corrected chi connectivity index (χ2v) is 7.77. The van der Waals surface area contributed by atoms with Crippen LogP contribution in [0.4, 0.5) is 16.0 Å². The third-order valence-electron chi connectivity index (χ3n) is 5.52. The topological polar surface area (TPSA) is 111 Å². The van der Waals surface area contributed by atoms with E-state index in [-0.39, 0.29) is 12.5 Å². The summed E-state index contributed by atoms with van der Waals surface area (Å²) in [4.78, 5) is 18.0. The minimum atomic E-state index is -0.619. The smallest absolute Gasteiger partial charge is 0.255 e. The summed E-state index contributed by atoms with van der Waals surface area (Å²) in [5.41, 5.74) is 2.23. The van der Waals surface area contributed by atoms with E-state index in [9.17, 15) is 14.3 Å². The fourth-order valence-corrected chi connectivity index (χ4v) is 3.90. The number of carbonyl (C=O) groups excluding carboxylic acids is 1. The number of benzene rings is 2. The first-order chi connectivity index (χ1) is 16.4. The quantitative estimate of drug-likeness (QED) is 0.466. The Morgan fingerprint density at radius 1 is 1.18 bits per heavy atom. The Hall–Kier alpha value is -3.92. The fraction of sp³-hybridized carbons (Fsp3) is 0.292. The molecule has 10 heteroatoms. The van der Waals surface area contributed by atoms with Gasteiger partial charge < -0.3 is 25.2 Å². The number of hydrogen-bond acceptors (Lipinski definition) is 7. The number of allylic oxidation sites excluding steroid dienone is 1. The molecule has 2 heterocycles. The molecule has 0 saturated carbocycles. The highest BCUT2D eigenvalue weighted by molar-refractivity contribution is 6.06. The third-order valence-corrected chi connectivity index (χ3v) is 5.52. The molecule has 2 aromatic carbocycles. The second-order valence-electron chi connectivity index (χ2n) is 7.77. The summed E-state index contributed by atoms with van der Waals surface area (Å²) in [6.07, 6.45) is 1.02. The molecule has 1 aromatic heterocycles. The van der Waals surface area contributed by atoms with Gasteiger partial charge in [0.15, 0.2) is 17.3 Å². The molecule has 1 aliphatic rings. The van der Waals surface area contributed by atoms with Crippen LogP contribution in [0.5, 0.6) is 11.5 Å². The van der Waals surface area contributed by atoms with Crippen LogP contribution in [0.1, 0.15) is 30.8 Å². The number of aromatic nitrogens is 3. The highest BCUT2D eigenvalue weighted by Crippen LogP contribution is 2.39. The molecule has 1 unspecified atom stereocenters. The lowest BCUT2D eigenvalue weighted by Gasteiger charge is -2.29. The maximum Gasteiger partial charge on any atom is 0.255 e. The molecule has 1 aliphatic heterocycles. The predicted molar refractivity (Wildman–Crippen MR) is 124 cm³/mol. The lowest BCUT2D eigenvalue weighted by molar-refractivity contribution is -0.113. The van der Waals surface area contributed by atoms with Crippen LogP contribution < -0.4 is 20.1 Å². The Labute approximate surface area is 196 Å². The van der Waals surface area contributed by atoms with Gasteiger partial charge in [0.25, 0.3) is 5.91 Å². The summed E-state index contributed by atoms with van der Waals surface area (Å²) < 4.78 is 25.8. The van der Waals surface area contributed by atoms with Crippen LogP contribution in [0.3, 0.4) is 0 Å². The van der Waals surface area contributed by atoms with Crippen molar-refractivity contribution in [1.82, 2.24) is 14.8 Å². The maximum absolute atomic E-state index is 13.5. The van der Waals surface area contributed by atoms with E-state index in [0.29, 0.717) is 53.1 Å².